The number of nitrogens with zero attached hydrogens (tertiary/aromatic N) is 1. The van der Waals surface area contributed by atoms with E-state index in [1.165, 1.54) is 0 Å². The third-order valence-corrected chi connectivity index (χ3v) is 2.80. The van der Waals surface area contributed by atoms with Gasteiger partial charge in [-0.2, -0.15) is 0 Å². The van der Waals surface area contributed by atoms with Gasteiger partial charge >= 0.3 is 0 Å². The fraction of sp³-hybridized carbons (Fsp3) is 1.00. The zero-order valence-electron chi connectivity index (χ0n) is 8.49. The van der Waals surface area contributed by atoms with Gasteiger partial charge in [0.2, 0.25) is 0 Å². The van der Waals surface area contributed by atoms with Gasteiger partial charge in [-0.1, -0.05) is 0 Å². The molecule has 1 atom stereocenters. The largest absolute Gasteiger partial charge is 0.390 e. The van der Waals surface area contributed by atoms with Crippen LogP contribution >= 0.6 is 0 Å². The molecule has 0 amide bonds. The van der Waals surface area contributed by atoms with Crippen molar-refractivity contribution in [3.63, 3.8) is 0 Å². The van der Waals surface area contributed by atoms with Crippen molar-refractivity contribution in [1.82, 2.24) is 4.90 Å². The lowest BCUT2D eigenvalue weighted by atomic mass is 9.88. The molecule has 3 N–H and O–H groups in total. The molecule has 0 radical (unpaired) electrons. The van der Waals surface area contributed by atoms with Crippen LogP contribution in [0.25, 0.3) is 0 Å². The normalized spacial score (nSPS) is 25.8. The molecular weight excluding hydrogens is 168 g/mol. The Morgan fingerprint density at radius 2 is 2.08 bits per heavy atom. The summed E-state index contributed by atoms with van der Waals surface area (Å²) in [6.07, 6.45) is 1.78. The highest BCUT2D eigenvalue weighted by atomic mass is 16.5. The van der Waals surface area contributed by atoms with E-state index in [1.54, 1.807) is 7.11 Å². The maximum Gasteiger partial charge on any atom is 0.108 e. The minimum Gasteiger partial charge on any atom is -0.390 e. The Morgan fingerprint density at radius 3 is 2.54 bits per heavy atom. The van der Waals surface area contributed by atoms with Crippen LogP contribution in [0.2, 0.25) is 0 Å². The number of likely N-dealkylation sites (tertiary alicyclic amines) is 1. The van der Waals surface area contributed by atoms with Gasteiger partial charge in [-0.15, -0.1) is 0 Å². The average Bonchev–Trinajstić information content (AvgIpc) is 2.10. The van der Waals surface area contributed by atoms with Crippen molar-refractivity contribution in [3.8, 4) is 0 Å². The molecular formula is C9H20N2O2. The van der Waals surface area contributed by atoms with Crippen molar-refractivity contribution in [2.75, 3.05) is 27.2 Å². The van der Waals surface area contributed by atoms with Gasteiger partial charge in [-0.25, -0.2) is 0 Å². The number of methoxy groups -OCH3 is 1. The van der Waals surface area contributed by atoms with Crippen molar-refractivity contribution < 1.29 is 9.84 Å². The number of aliphatic hydroxyl groups is 1. The number of hydrogen-bond acceptors (Lipinski definition) is 4. The maximum absolute atomic E-state index is 10.1. The van der Waals surface area contributed by atoms with Crippen LogP contribution in [0.5, 0.6) is 0 Å². The zero-order chi connectivity index (χ0) is 9.90. The fourth-order valence-corrected chi connectivity index (χ4v) is 1.70. The van der Waals surface area contributed by atoms with E-state index in [0.29, 0.717) is 6.42 Å². The lowest BCUT2D eigenvalue weighted by molar-refractivity contribution is -0.0580. The van der Waals surface area contributed by atoms with E-state index >= 15 is 0 Å². The van der Waals surface area contributed by atoms with E-state index < -0.39 is 5.60 Å². The Balaban J connectivity index is 2.38. The summed E-state index contributed by atoms with van der Waals surface area (Å²) < 4.78 is 4.95. The highest BCUT2D eigenvalue weighted by Gasteiger charge is 2.32. The van der Waals surface area contributed by atoms with E-state index in [1.807, 2.05) is 0 Å². The molecule has 0 spiro atoms. The molecule has 0 aromatic heterocycles. The number of hydrogen-bond donors (Lipinski definition) is 2. The van der Waals surface area contributed by atoms with Gasteiger partial charge in [0.1, 0.15) is 6.23 Å². The molecule has 1 aliphatic rings. The van der Waals surface area contributed by atoms with Crippen LogP contribution in [0.1, 0.15) is 19.3 Å². The number of ether oxygens (including phenoxy) is 1. The molecule has 0 aromatic rings. The molecule has 4 nitrogen and oxygen atoms in total. The lowest BCUT2D eigenvalue weighted by Crippen LogP contribution is -2.46. The SMILES string of the molecule is COC(N)CC1(O)CCN(C)CC1. The van der Waals surface area contributed by atoms with E-state index in [0.717, 1.165) is 25.9 Å². The van der Waals surface area contributed by atoms with Crippen LogP contribution in [0, 0.1) is 0 Å². The summed E-state index contributed by atoms with van der Waals surface area (Å²) >= 11 is 0. The third kappa shape index (κ3) is 3.23. The molecule has 4 heteroatoms. The average molecular weight is 188 g/mol. The highest BCUT2D eigenvalue weighted by molar-refractivity contribution is 4.86. The highest BCUT2D eigenvalue weighted by Crippen LogP contribution is 2.25. The first-order chi connectivity index (χ1) is 6.06. The smallest absolute Gasteiger partial charge is 0.108 e. The standard InChI is InChI=1S/C9H20N2O2/c1-11-5-3-9(12,4-6-11)7-8(10)13-2/h8,12H,3-7,10H2,1-2H3. The summed E-state index contributed by atoms with van der Waals surface area (Å²) in [6, 6.07) is 0. The Kier molecular flexibility index (Phi) is 3.67. The maximum atomic E-state index is 10.1. The molecule has 1 unspecified atom stereocenters. The van der Waals surface area contributed by atoms with E-state index in [9.17, 15) is 5.11 Å². The molecule has 1 rings (SSSR count). The summed E-state index contributed by atoms with van der Waals surface area (Å²) in [5.74, 6) is 0. The molecule has 1 saturated heterocycles. The van der Waals surface area contributed by atoms with E-state index in [2.05, 4.69) is 11.9 Å². The molecule has 1 heterocycles. The van der Waals surface area contributed by atoms with Crippen molar-refractivity contribution in [3.05, 3.63) is 0 Å². The van der Waals surface area contributed by atoms with Crippen LogP contribution in [0.15, 0.2) is 0 Å². The summed E-state index contributed by atoms with van der Waals surface area (Å²) in [4.78, 5) is 2.22. The van der Waals surface area contributed by atoms with Gasteiger partial charge in [-0.3, -0.25) is 0 Å². The van der Waals surface area contributed by atoms with Crippen molar-refractivity contribution in [2.24, 2.45) is 5.73 Å². The molecule has 0 bridgehead atoms. The number of piperidine rings is 1. The number of rotatable bonds is 3. The van der Waals surface area contributed by atoms with Crippen molar-refractivity contribution in [1.29, 1.82) is 0 Å². The molecule has 1 fully saturated rings. The first kappa shape index (κ1) is 10.9. The Labute approximate surface area is 79.7 Å². The molecule has 1 aliphatic heterocycles. The van der Waals surface area contributed by atoms with Crippen LogP contribution in [-0.2, 0) is 4.74 Å². The van der Waals surface area contributed by atoms with E-state index in [-0.39, 0.29) is 6.23 Å². The van der Waals surface area contributed by atoms with Gasteiger partial charge < -0.3 is 20.5 Å². The van der Waals surface area contributed by atoms with Gasteiger partial charge in [0.15, 0.2) is 0 Å². The second-order valence-electron chi connectivity index (χ2n) is 4.01. The second-order valence-corrected chi connectivity index (χ2v) is 4.01. The van der Waals surface area contributed by atoms with Crippen LogP contribution in [0.3, 0.4) is 0 Å². The van der Waals surface area contributed by atoms with Crippen molar-refractivity contribution in [2.45, 2.75) is 31.1 Å². The summed E-state index contributed by atoms with van der Waals surface area (Å²) in [6.45, 7) is 1.87. The van der Waals surface area contributed by atoms with Gasteiger partial charge in [0, 0.05) is 26.6 Å². The quantitative estimate of drug-likeness (QED) is 0.600. The van der Waals surface area contributed by atoms with Gasteiger partial charge in [0.05, 0.1) is 5.60 Å². The first-order valence-corrected chi connectivity index (χ1v) is 4.75. The molecule has 0 saturated carbocycles. The second kappa shape index (κ2) is 4.37. The van der Waals surface area contributed by atoms with Crippen LogP contribution in [0.4, 0.5) is 0 Å². The van der Waals surface area contributed by atoms with Crippen LogP contribution < -0.4 is 5.73 Å². The van der Waals surface area contributed by atoms with Crippen molar-refractivity contribution >= 4 is 0 Å². The third-order valence-electron chi connectivity index (χ3n) is 2.80. The minimum atomic E-state index is -0.609. The predicted molar refractivity (Wildman–Crippen MR) is 51.3 cm³/mol. The molecule has 0 aromatic carbocycles. The minimum absolute atomic E-state index is 0.339. The van der Waals surface area contributed by atoms with Gasteiger partial charge in [0.25, 0.3) is 0 Å². The Bertz CT molecular complexity index is 156. The van der Waals surface area contributed by atoms with Gasteiger partial charge in [-0.05, 0) is 19.9 Å². The Morgan fingerprint density at radius 1 is 1.54 bits per heavy atom. The molecule has 13 heavy (non-hydrogen) atoms. The topological polar surface area (TPSA) is 58.7 Å². The molecule has 0 aliphatic carbocycles. The summed E-state index contributed by atoms with van der Waals surface area (Å²) in [5, 5.41) is 10.1. The Hall–Kier alpha value is -0.160. The lowest BCUT2D eigenvalue weighted by Gasteiger charge is -2.37. The fourth-order valence-electron chi connectivity index (χ4n) is 1.70. The predicted octanol–water partition coefficient (Wildman–Crippen LogP) is -0.236. The molecule has 78 valence electrons. The van der Waals surface area contributed by atoms with Crippen LogP contribution in [-0.4, -0.2) is 49.1 Å². The number of nitrogens with two attached hydrogens (primary N) is 1. The first-order valence-electron chi connectivity index (χ1n) is 4.75. The zero-order valence-corrected chi connectivity index (χ0v) is 8.49. The monoisotopic (exact) mass is 188 g/mol. The summed E-state index contributed by atoms with van der Waals surface area (Å²) in [7, 11) is 3.64. The van der Waals surface area contributed by atoms with E-state index in [4.69, 9.17) is 10.5 Å². The summed E-state index contributed by atoms with van der Waals surface area (Å²) in [5.41, 5.74) is 5.02.